The van der Waals surface area contributed by atoms with Crippen molar-refractivity contribution in [3.05, 3.63) is 54.1 Å². The zero-order valence-electron chi connectivity index (χ0n) is 10.6. The average molecular weight is 244 g/mol. The molecular weight excluding hydrogens is 228 g/mol. The maximum atomic E-state index is 5.73. The molecule has 0 aliphatic heterocycles. The maximum Gasteiger partial charge on any atom is 0.161 e. The molecule has 0 spiro atoms. The molecule has 0 saturated carbocycles. The summed E-state index contributed by atoms with van der Waals surface area (Å²) in [6.07, 6.45) is 0. The lowest BCUT2D eigenvalue weighted by molar-refractivity contribution is 0.284. The van der Waals surface area contributed by atoms with Crippen molar-refractivity contribution in [3.63, 3.8) is 0 Å². The van der Waals surface area contributed by atoms with E-state index in [0.717, 1.165) is 22.8 Å². The van der Waals surface area contributed by atoms with Crippen molar-refractivity contribution < 1.29 is 14.2 Å². The van der Waals surface area contributed by atoms with E-state index in [0.29, 0.717) is 6.61 Å². The van der Waals surface area contributed by atoms with E-state index in [-0.39, 0.29) is 0 Å². The van der Waals surface area contributed by atoms with Crippen LogP contribution in [0.1, 0.15) is 5.56 Å². The van der Waals surface area contributed by atoms with Crippen molar-refractivity contribution in [2.75, 3.05) is 14.2 Å². The summed E-state index contributed by atoms with van der Waals surface area (Å²) >= 11 is 0. The first-order chi connectivity index (χ1) is 8.83. The van der Waals surface area contributed by atoms with Gasteiger partial charge in [-0.1, -0.05) is 24.3 Å². The lowest BCUT2D eigenvalue weighted by Gasteiger charge is -2.10. The molecule has 94 valence electrons. The van der Waals surface area contributed by atoms with Crippen molar-refractivity contribution in [1.82, 2.24) is 0 Å². The van der Waals surface area contributed by atoms with E-state index in [1.165, 1.54) is 0 Å². The van der Waals surface area contributed by atoms with Gasteiger partial charge in [-0.2, -0.15) is 0 Å². The van der Waals surface area contributed by atoms with Gasteiger partial charge in [0.1, 0.15) is 12.4 Å². The summed E-state index contributed by atoms with van der Waals surface area (Å²) in [5, 5.41) is 0. The SMILES string of the molecule is COc1cccc(COc2ccccc2OC)c1. The highest BCUT2D eigenvalue weighted by atomic mass is 16.5. The molecule has 0 radical (unpaired) electrons. The Hall–Kier alpha value is -2.16. The minimum Gasteiger partial charge on any atom is -0.497 e. The summed E-state index contributed by atoms with van der Waals surface area (Å²) < 4.78 is 16.1. The van der Waals surface area contributed by atoms with Crippen LogP contribution in [0.15, 0.2) is 48.5 Å². The molecular formula is C15H16O3. The topological polar surface area (TPSA) is 27.7 Å². The van der Waals surface area contributed by atoms with Gasteiger partial charge in [-0.3, -0.25) is 0 Å². The fraction of sp³-hybridized carbons (Fsp3) is 0.200. The zero-order chi connectivity index (χ0) is 12.8. The highest BCUT2D eigenvalue weighted by Gasteiger charge is 2.03. The van der Waals surface area contributed by atoms with Gasteiger partial charge >= 0.3 is 0 Å². The minimum absolute atomic E-state index is 0.484. The first-order valence-electron chi connectivity index (χ1n) is 5.72. The molecule has 0 saturated heterocycles. The van der Waals surface area contributed by atoms with E-state index in [4.69, 9.17) is 14.2 Å². The van der Waals surface area contributed by atoms with Gasteiger partial charge in [-0.05, 0) is 29.8 Å². The molecule has 2 rings (SSSR count). The van der Waals surface area contributed by atoms with Crippen LogP contribution in [-0.4, -0.2) is 14.2 Å². The third-order valence-corrected chi connectivity index (χ3v) is 2.60. The van der Waals surface area contributed by atoms with E-state index in [1.54, 1.807) is 14.2 Å². The lowest BCUT2D eigenvalue weighted by Crippen LogP contribution is -1.97. The normalized spacial score (nSPS) is 9.89. The molecule has 3 nitrogen and oxygen atoms in total. The molecule has 3 heteroatoms. The van der Waals surface area contributed by atoms with Crippen molar-refractivity contribution >= 4 is 0 Å². The zero-order valence-corrected chi connectivity index (χ0v) is 10.6. The van der Waals surface area contributed by atoms with Crippen molar-refractivity contribution in [2.45, 2.75) is 6.61 Å². The van der Waals surface area contributed by atoms with Gasteiger partial charge in [0.15, 0.2) is 11.5 Å². The third kappa shape index (κ3) is 2.94. The molecule has 0 aliphatic carbocycles. The summed E-state index contributed by atoms with van der Waals surface area (Å²) in [4.78, 5) is 0. The first-order valence-corrected chi connectivity index (χ1v) is 5.72. The highest BCUT2D eigenvalue weighted by molar-refractivity contribution is 5.39. The molecule has 0 heterocycles. The standard InChI is InChI=1S/C15H16O3/c1-16-13-7-5-6-12(10-13)11-18-15-9-4-3-8-14(15)17-2/h3-10H,11H2,1-2H3. The van der Waals surface area contributed by atoms with E-state index in [1.807, 2.05) is 48.5 Å². The molecule has 18 heavy (non-hydrogen) atoms. The van der Waals surface area contributed by atoms with Crippen LogP contribution >= 0.6 is 0 Å². The summed E-state index contributed by atoms with van der Waals surface area (Å²) in [5.74, 6) is 2.30. The second-order valence-electron chi connectivity index (χ2n) is 3.79. The molecule has 0 atom stereocenters. The van der Waals surface area contributed by atoms with Gasteiger partial charge < -0.3 is 14.2 Å². The van der Waals surface area contributed by atoms with Gasteiger partial charge in [0.05, 0.1) is 14.2 Å². The van der Waals surface area contributed by atoms with Gasteiger partial charge in [-0.25, -0.2) is 0 Å². The number of methoxy groups -OCH3 is 2. The van der Waals surface area contributed by atoms with Crippen LogP contribution in [0, 0.1) is 0 Å². The van der Waals surface area contributed by atoms with E-state index in [2.05, 4.69) is 0 Å². The molecule has 0 bridgehead atoms. The molecule has 0 N–H and O–H groups in total. The van der Waals surface area contributed by atoms with Gasteiger partial charge in [0.2, 0.25) is 0 Å². The molecule has 2 aromatic rings. The number of para-hydroxylation sites is 2. The van der Waals surface area contributed by atoms with Crippen molar-refractivity contribution in [2.24, 2.45) is 0 Å². The number of benzene rings is 2. The maximum absolute atomic E-state index is 5.73. The fourth-order valence-electron chi connectivity index (χ4n) is 1.66. The Morgan fingerprint density at radius 3 is 2.33 bits per heavy atom. The van der Waals surface area contributed by atoms with Crippen LogP contribution in [0.25, 0.3) is 0 Å². The number of hydrogen-bond donors (Lipinski definition) is 0. The lowest BCUT2D eigenvalue weighted by atomic mass is 10.2. The monoisotopic (exact) mass is 244 g/mol. The first kappa shape index (κ1) is 12.3. The van der Waals surface area contributed by atoms with Crippen molar-refractivity contribution in [3.8, 4) is 17.2 Å². The quantitative estimate of drug-likeness (QED) is 0.807. The van der Waals surface area contributed by atoms with Crippen LogP contribution in [0.5, 0.6) is 17.2 Å². The molecule has 0 aromatic heterocycles. The van der Waals surface area contributed by atoms with Gasteiger partial charge in [0.25, 0.3) is 0 Å². The predicted molar refractivity (Wildman–Crippen MR) is 70.3 cm³/mol. The summed E-state index contributed by atoms with van der Waals surface area (Å²) in [6.45, 7) is 0.484. The Morgan fingerprint density at radius 1 is 0.833 bits per heavy atom. The van der Waals surface area contributed by atoms with Crippen LogP contribution in [-0.2, 0) is 6.61 Å². The Bertz CT molecular complexity index is 509. The van der Waals surface area contributed by atoms with Crippen LogP contribution in [0.2, 0.25) is 0 Å². The fourth-order valence-corrected chi connectivity index (χ4v) is 1.66. The summed E-state index contributed by atoms with van der Waals surface area (Å²) in [6, 6.07) is 15.4. The van der Waals surface area contributed by atoms with E-state index in [9.17, 15) is 0 Å². The predicted octanol–water partition coefficient (Wildman–Crippen LogP) is 3.28. The second kappa shape index (κ2) is 5.96. The average Bonchev–Trinajstić information content (AvgIpc) is 2.45. The minimum atomic E-state index is 0.484. The third-order valence-electron chi connectivity index (χ3n) is 2.60. The van der Waals surface area contributed by atoms with Gasteiger partial charge in [-0.15, -0.1) is 0 Å². The van der Waals surface area contributed by atoms with Crippen molar-refractivity contribution in [1.29, 1.82) is 0 Å². The molecule has 0 unspecified atom stereocenters. The van der Waals surface area contributed by atoms with Crippen LogP contribution < -0.4 is 14.2 Å². The van der Waals surface area contributed by atoms with Gasteiger partial charge in [0, 0.05) is 0 Å². The van der Waals surface area contributed by atoms with Crippen LogP contribution in [0.3, 0.4) is 0 Å². The number of hydrogen-bond acceptors (Lipinski definition) is 3. The largest absolute Gasteiger partial charge is 0.497 e. The van der Waals surface area contributed by atoms with Crippen LogP contribution in [0.4, 0.5) is 0 Å². The Kier molecular flexibility index (Phi) is 4.07. The Morgan fingerprint density at radius 2 is 1.61 bits per heavy atom. The smallest absolute Gasteiger partial charge is 0.161 e. The van der Waals surface area contributed by atoms with E-state index >= 15 is 0 Å². The molecule has 0 fully saturated rings. The Balaban J connectivity index is 2.06. The molecule has 2 aromatic carbocycles. The number of rotatable bonds is 5. The van der Waals surface area contributed by atoms with E-state index < -0.39 is 0 Å². The second-order valence-corrected chi connectivity index (χ2v) is 3.79. The summed E-state index contributed by atoms with van der Waals surface area (Å²) in [7, 11) is 3.29. The summed E-state index contributed by atoms with van der Waals surface area (Å²) in [5.41, 5.74) is 1.06. The number of ether oxygens (including phenoxy) is 3. The highest BCUT2D eigenvalue weighted by Crippen LogP contribution is 2.26. The Labute approximate surface area is 107 Å². The molecule has 0 amide bonds. The molecule has 0 aliphatic rings.